The van der Waals surface area contributed by atoms with E-state index in [1.807, 2.05) is 0 Å². The summed E-state index contributed by atoms with van der Waals surface area (Å²) in [5.41, 5.74) is -4.21. The van der Waals surface area contributed by atoms with Crippen molar-refractivity contribution in [2.24, 2.45) is 0 Å². The van der Waals surface area contributed by atoms with Crippen molar-refractivity contribution in [1.29, 1.82) is 5.26 Å². The molecule has 6 nitrogen and oxygen atoms in total. The Bertz CT molecular complexity index is 1240. The Morgan fingerprint density at radius 2 is 2.03 bits per heavy atom. The van der Waals surface area contributed by atoms with Gasteiger partial charge in [0, 0.05) is 11.4 Å². The van der Waals surface area contributed by atoms with E-state index in [4.69, 9.17) is 22.2 Å². The van der Waals surface area contributed by atoms with Crippen LogP contribution in [0.3, 0.4) is 0 Å². The van der Waals surface area contributed by atoms with Crippen molar-refractivity contribution in [1.82, 2.24) is 0 Å². The SMILES string of the molecule is CC1(C)C(=O)N(c2ccc(C#N)c(C(F)(F)F)c2F)C(=S)N1c1ccc2c(c1)SC[C@H](CO)O2. The van der Waals surface area contributed by atoms with Crippen LogP contribution in [0.1, 0.15) is 25.0 Å². The van der Waals surface area contributed by atoms with E-state index >= 15 is 4.39 Å². The van der Waals surface area contributed by atoms with Crippen molar-refractivity contribution in [3.63, 3.8) is 0 Å². The van der Waals surface area contributed by atoms with Gasteiger partial charge < -0.3 is 14.7 Å². The first-order valence-electron chi connectivity index (χ1n) is 9.94. The second-order valence-electron chi connectivity index (χ2n) is 8.11. The number of ether oxygens (including phenoxy) is 1. The molecule has 0 saturated carbocycles. The maximum absolute atomic E-state index is 15.1. The molecule has 0 unspecified atom stereocenters. The normalized spacial score (nSPS) is 19.6. The molecule has 0 bridgehead atoms. The zero-order chi connectivity index (χ0) is 25.0. The second-order valence-corrected chi connectivity index (χ2v) is 9.54. The molecule has 2 aliphatic rings. The third-order valence-electron chi connectivity index (χ3n) is 5.54. The highest BCUT2D eigenvalue weighted by atomic mass is 32.2. The number of nitriles is 1. The van der Waals surface area contributed by atoms with Gasteiger partial charge in [0.15, 0.2) is 10.9 Å². The average Bonchev–Trinajstić information content (AvgIpc) is 2.95. The number of thioether (sulfide) groups is 1. The lowest BCUT2D eigenvalue weighted by Gasteiger charge is -2.31. The van der Waals surface area contributed by atoms with E-state index in [0.717, 1.165) is 21.9 Å². The topological polar surface area (TPSA) is 76.8 Å². The van der Waals surface area contributed by atoms with Gasteiger partial charge in [-0.3, -0.25) is 9.69 Å². The number of alkyl halides is 3. The van der Waals surface area contributed by atoms with Gasteiger partial charge in [-0.15, -0.1) is 11.8 Å². The Morgan fingerprint density at radius 3 is 2.65 bits per heavy atom. The molecule has 0 aliphatic carbocycles. The highest BCUT2D eigenvalue weighted by Crippen LogP contribution is 2.44. The average molecular weight is 512 g/mol. The predicted octanol–water partition coefficient (Wildman–Crippen LogP) is 4.48. The number of halogens is 4. The van der Waals surface area contributed by atoms with E-state index < -0.39 is 40.3 Å². The van der Waals surface area contributed by atoms with Crippen molar-refractivity contribution in [3.05, 3.63) is 47.3 Å². The smallest absolute Gasteiger partial charge is 0.420 e. The molecule has 2 heterocycles. The van der Waals surface area contributed by atoms with Crippen LogP contribution in [-0.2, 0) is 11.0 Å². The fourth-order valence-electron chi connectivity index (χ4n) is 3.88. The zero-order valence-corrected chi connectivity index (χ0v) is 19.4. The number of aliphatic hydroxyl groups excluding tert-OH is 1. The van der Waals surface area contributed by atoms with Gasteiger partial charge in [0.05, 0.1) is 28.8 Å². The van der Waals surface area contributed by atoms with Crippen molar-refractivity contribution >= 4 is 46.4 Å². The summed E-state index contributed by atoms with van der Waals surface area (Å²) < 4.78 is 61.3. The lowest BCUT2D eigenvalue weighted by atomic mass is 10.0. The van der Waals surface area contributed by atoms with Crippen LogP contribution in [0.4, 0.5) is 28.9 Å². The quantitative estimate of drug-likeness (QED) is 0.481. The molecule has 178 valence electrons. The second kappa shape index (κ2) is 8.41. The Labute approximate surface area is 201 Å². The first-order valence-corrected chi connectivity index (χ1v) is 11.3. The summed E-state index contributed by atoms with van der Waals surface area (Å²) in [7, 11) is 0. The molecular weight excluding hydrogens is 494 g/mol. The number of carbonyl (C=O) groups excluding carboxylic acids is 1. The summed E-state index contributed by atoms with van der Waals surface area (Å²) in [6, 6.07) is 8.08. The molecule has 1 fully saturated rings. The minimum absolute atomic E-state index is 0.142. The first-order chi connectivity index (χ1) is 15.9. The first kappa shape index (κ1) is 24.3. The molecule has 1 amide bonds. The molecular formula is C22H17F4N3O3S2. The van der Waals surface area contributed by atoms with Gasteiger partial charge in [-0.25, -0.2) is 4.39 Å². The fourth-order valence-corrected chi connectivity index (χ4v) is 5.40. The molecule has 12 heteroatoms. The molecule has 1 N–H and O–H groups in total. The van der Waals surface area contributed by atoms with Crippen LogP contribution >= 0.6 is 24.0 Å². The number of aliphatic hydroxyl groups is 1. The summed E-state index contributed by atoms with van der Waals surface area (Å²) in [4.78, 5) is 16.2. The monoisotopic (exact) mass is 511 g/mol. The summed E-state index contributed by atoms with van der Waals surface area (Å²) in [5.74, 6) is -1.43. The minimum atomic E-state index is -5.15. The number of rotatable bonds is 3. The molecule has 2 aliphatic heterocycles. The minimum Gasteiger partial charge on any atom is -0.486 e. The number of hydrogen-bond acceptors (Lipinski definition) is 6. The van der Waals surface area contributed by atoms with E-state index in [2.05, 4.69) is 0 Å². The number of amides is 1. The fraction of sp³-hybridized carbons (Fsp3) is 0.318. The number of thiocarbonyl (C=S) groups is 1. The largest absolute Gasteiger partial charge is 0.486 e. The van der Waals surface area contributed by atoms with Crippen LogP contribution in [0.25, 0.3) is 0 Å². The molecule has 0 radical (unpaired) electrons. The molecule has 2 aromatic carbocycles. The predicted molar refractivity (Wildman–Crippen MR) is 121 cm³/mol. The molecule has 2 aromatic rings. The summed E-state index contributed by atoms with van der Waals surface area (Å²) in [5, 5.41) is 18.1. The molecule has 0 spiro atoms. The van der Waals surface area contributed by atoms with Crippen LogP contribution in [-0.4, -0.2) is 40.1 Å². The number of fused-ring (bicyclic) bond motifs is 1. The number of nitrogens with zero attached hydrogens (tertiary/aromatic N) is 3. The molecule has 1 saturated heterocycles. The van der Waals surface area contributed by atoms with E-state index in [-0.39, 0.29) is 17.8 Å². The van der Waals surface area contributed by atoms with Crippen LogP contribution in [0, 0.1) is 17.1 Å². The van der Waals surface area contributed by atoms with Gasteiger partial charge in [0.25, 0.3) is 5.91 Å². The Morgan fingerprint density at radius 1 is 1.32 bits per heavy atom. The van der Waals surface area contributed by atoms with E-state index in [0.29, 0.717) is 17.2 Å². The van der Waals surface area contributed by atoms with Gasteiger partial charge in [0.2, 0.25) is 0 Å². The highest BCUT2D eigenvalue weighted by Gasteiger charge is 2.52. The number of hydrogen-bond donors (Lipinski definition) is 1. The van der Waals surface area contributed by atoms with Gasteiger partial charge in [-0.1, -0.05) is 0 Å². The van der Waals surface area contributed by atoms with Crippen molar-refractivity contribution < 1.29 is 32.2 Å². The lowest BCUT2D eigenvalue weighted by Crippen LogP contribution is -2.44. The Kier molecular flexibility index (Phi) is 6.00. The van der Waals surface area contributed by atoms with E-state index in [1.165, 1.54) is 36.6 Å². The van der Waals surface area contributed by atoms with Crippen LogP contribution in [0.15, 0.2) is 35.2 Å². The molecule has 0 aromatic heterocycles. The standard InChI is InChI=1S/C22H17F4N3O3S2/c1-21(2)19(31)28(14-5-3-11(8-27)17(18(14)23)22(24,25)26)20(33)29(21)12-4-6-15-16(7-12)34-10-13(9-30)32-15/h3-7,13,30H,9-10H2,1-2H3/t13-/m0/s1. The summed E-state index contributed by atoms with van der Waals surface area (Å²) in [6.45, 7) is 2.91. The van der Waals surface area contributed by atoms with Crippen molar-refractivity contribution in [2.75, 3.05) is 22.2 Å². The van der Waals surface area contributed by atoms with Crippen molar-refractivity contribution in [2.45, 2.75) is 36.6 Å². The highest BCUT2D eigenvalue weighted by molar-refractivity contribution is 7.99. The molecule has 34 heavy (non-hydrogen) atoms. The Balaban J connectivity index is 1.78. The van der Waals surface area contributed by atoms with Gasteiger partial charge in [0.1, 0.15) is 23.0 Å². The Hall–Kier alpha value is -2.88. The number of carbonyl (C=O) groups is 1. The van der Waals surface area contributed by atoms with E-state index in [9.17, 15) is 23.1 Å². The third-order valence-corrected chi connectivity index (χ3v) is 7.08. The number of benzene rings is 2. The third kappa shape index (κ3) is 3.77. The zero-order valence-electron chi connectivity index (χ0n) is 17.8. The number of anilines is 2. The van der Waals surface area contributed by atoms with Crippen LogP contribution in [0.5, 0.6) is 5.75 Å². The van der Waals surface area contributed by atoms with Crippen LogP contribution in [0.2, 0.25) is 0 Å². The van der Waals surface area contributed by atoms with Crippen LogP contribution < -0.4 is 14.5 Å². The van der Waals surface area contributed by atoms with E-state index in [1.54, 1.807) is 18.2 Å². The van der Waals surface area contributed by atoms with Crippen molar-refractivity contribution in [3.8, 4) is 11.8 Å². The summed E-state index contributed by atoms with van der Waals surface area (Å²) >= 11 is 6.88. The molecule has 4 rings (SSSR count). The van der Waals surface area contributed by atoms with Gasteiger partial charge in [-0.05, 0) is 56.4 Å². The van der Waals surface area contributed by atoms with Gasteiger partial charge in [-0.2, -0.15) is 18.4 Å². The maximum atomic E-state index is 15.1. The lowest BCUT2D eigenvalue weighted by molar-refractivity contribution is -0.140. The summed E-state index contributed by atoms with van der Waals surface area (Å²) in [6.07, 6.45) is -5.50. The van der Waals surface area contributed by atoms with Gasteiger partial charge >= 0.3 is 6.18 Å². The molecule has 1 atom stereocenters. The maximum Gasteiger partial charge on any atom is 0.420 e.